The highest BCUT2D eigenvalue weighted by atomic mass is 16.6. The molecule has 188 valence electrons. The molecule has 0 spiro atoms. The summed E-state index contributed by atoms with van der Waals surface area (Å²) in [5.74, 6) is 3.18. The third-order valence-electron chi connectivity index (χ3n) is 11.4. The van der Waals surface area contributed by atoms with Crippen molar-refractivity contribution in [2.75, 3.05) is 0 Å². The summed E-state index contributed by atoms with van der Waals surface area (Å²) in [6, 6.07) is 0. The van der Waals surface area contributed by atoms with Gasteiger partial charge in [-0.3, -0.25) is 0 Å². The molecule has 4 aliphatic carbocycles. The summed E-state index contributed by atoms with van der Waals surface area (Å²) in [7, 11) is 0. The highest BCUT2D eigenvalue weighted by Crippen LogP contribution is 2.67. The molecule has 4 N–H and O–H groups in total. The fraction of sp³-hybridized carbons (Fsp3) is 0.929. The third-order valence-corrected chi connectivity index (χ3v) is 11.4. The molecule has 33 heavy (non-hydrogen) atoms. The number of aliphatic hydroxyl groups is 4. The molecular weight excluding hydrogens is 416 g/mol. The number of rotatable bonds is 4. The van der Waals surface area contributed by atoms with Crippen molar-refractivity contribution in [2.24, 2.45) is 40.4 Å². The van der Waals surface area contributed by atoms with E-state index in [1.807, 2.05) is 0 Å². The van der Waals surface area contributed by atoms with Gasteiger partial charge >= 0.3 is 0 Å². The largest absolute Gasteiger partial charge is 0.393 e. The lowest BCUT2D eigenvalue weighted by atomic mass is 9.46. The first-order chi connectivity index (χ1) is 15.5. The average Bonchev–Trinajstić information content (AvgIpc) is 3.22. The molecule has 0 aromatic carbocycles. The zero-order valence-electron chi connectivity index (χ0n) is 21.0. The van der Waals surface area contributed by atoms with Gasteiger partial charge in [-0.15, -0.1) is 0 Å². The number of allylic oxidation sites excluding steroid dienone is 1. The van der Waals surface area contributed by atoms with E-state index in [2.05, 4.69) is 26.8 Å². The Labute approximate surface area is 199 Å². The smallest absolute Gasteiger partial charge is 0.183 e. The van der Waals surface area contributed by atoms with Gasteiger partial charge in [0.1, 0.15) is 5.60 Å². The molecule has 3 saturated carbocycles. The lowest BCUT2D eigenvalue weighted by Gasteiger charge is -2.59. The lowest BCUT2D eigenvalue weighted by Crippen LogP contribution is -2.55. The molecule has 0 aromatic heterocycles. The Kier molecular flexibility index (Phi) is 6.10. The molecule has 0 radical (unpaired) electrons. The van der Waals surface area contributed by atoms with E-state index in [0.29, 0.717) is 47.8 Å². The average molecular weight is 463 g/mol. The zero-order chi connectivity index (χ0) is 23.8. The van der Waals surface area contributed by atoms with E-state index in [1.165, 1.54) is 31.3 Å². The maximum atomic E-state index is 11.1. The summed E-state index contributed by atoms with van der Waals surface area (Å²) in [4.78, 5) is 0. The van der Waals surface area contributed by atoms with E-state index in [9.17, 15) is 20.4 Å². The second-order valence-corrected chi connectivity index (χ2v) is 13.2. The first kappa shape index (κ1) is 24.2. The standard InChI is InChI=1S/C28H46O5/c1-16(5-7-19-15-27(3,32)25(31)33-19)21-9-10-22-20-8-6-17-13-18(29)14-24(30)28(17,4)23(20)11-12-26(21,22)2/h6,16,18-25,29-32H,5,7-15H2,1-4H3/t16?,18-,19-,20?,21?,22?,23?,24+,25?,26?,27-,28?/m1/s1. The Hall–Kier alpha value is -0.460. The van der Waals surface area contributed by atoms with Crippen molar-refractivity contribution in [1.82, 2.24) is 0 Å². The fourth-order valence-corrected chi connectivity index (χ4v) is 9.44. The van der Waals surface area contributed by atoms with Gasteiger partial charge in [-0.25, -0.2) is 0 Å². The SMILES string of the molecule is CC(CC[C@@H]1C[C@@](C)(O)C(O)O1)C1CCC2C3CC=C4C[C@@H](O)C[C@H](O)C4(C)C3CCC12C. The summed E-state index contributed by atoms with van der Waals surface area (Å²) in [6.07, 6.45) is 10.3. The van der Waals surface area contributed by atoms with Crippen molar-refractivity contribution in [3.05, 3.63) is 11.6 Å². The zero-order valence-corrected chi connectivity index (χ0v) is 21.0. The minimum Gasteiger partial charge on any atom is -0.393 e. The molecule has 0 amide bonds. The van der Waals surface area contributed by atoms with E-state index in [4.69, 9.17) is 4.74 Å². The van der Waals surface area contributed by atoms with Crippen LogP contribution < -0.4 is 0 Å². The number of hydrogen-bond donors (Lipinski definition) is 4. The molecule has 1 saturated heterocycles. The second-order valence-electron chi connectivity index (χ2n) is 13.2. The highest BCUT2D eigenvalue weighted by molar-refractivity contribution is 5.27. The minimum atomic E-state index is -1.13. The van der Waals surface area contributed by atoms with E-state index in [1.54, 1.807) is 6.92 Å². The molecule has 0 bridgehead atoms. The monoisotopic (exact) mass is 462 g/mol. The van der Waals surface area contributed by atoms with Crippen molar-refractivity contribution in [3.63, 3.8) is 0 Å². The molecule has 0 aromatic rings. The van der Waals surface area contributed by atoms with E-state index < -0.39 is 24.1 Å². The Balaban J connectivity index is 1.28. The Bertz CT molecular complexity index is 778. The van der Waals surface area contributed by atoms with Crippen LogP contribution in [0.15, 0.2) is 11.6 Å². The van der Waals surface area contributed by atoms with Crippen LogP contribution >= 0.6 is 0 Å². The number of aliphatic hydroxyl groups excluding tert-OH is 3. The summed E-state index contributed by atoms with van der Waals surface area (Å²) < 4.78 is 5.63. The molecule has 12 atom stereocenters. The first-order valence-electron chi connectivity index (χ1n) is 13.6. The molecular formula is C28H46O5. The van der Waals surface area contributed by atoms with Crippen molar-refractivity contribution in [2.45, 2.75) is 122 Å². The van der Waals surface area contributed by atoms with Crippen LogP contribution in [0.3, 0.4) is 0 Å². The van der Waals surface area contributed by atoms with Gasteiger partial charge in [-0.05, 0) is 93.3 Å². The van der Waals surface area contributed by atoms with Gasteiger partial charge in [0.25, 0.3) is 0 Å². The normalized spacial score (nSPS) is 54.8. The van der Waals surface area contributed by atoms with Crippen LogP contribution in [0.4, 0.5) is 0 Å². The third kappa shape index (κ3) is 3.76. The molecule has 5 heteroatoms. The quantitative estimate of drug-likeness (QED) is 0.471. The predicted molar refractivity (Wildman–Crippen MR) is 127 cm³/mol. The topological polar surface area (TPSA) is 90.2 Å². The fourth-order valence-electron chi connectivity index (χ4n) is 9.44. The number of fused-ring (bicyclic) bond motifs is 5. The Morgan fingerprint density at radius 2 is 1.85 bits per heavy atom. The van der Waals surface area contributed by atoms with Gasteiger partial charge in [0.05, 0.1) is 18.3 Å². The van der Waals surface area contributed by atoms with Gasteiger partial charge in [0.15, 0.2) is 6.29 Å². The van der Waals surface area contributed by atoms with Gasteiger partial charge in [-0.2, -0.15) is 0 Å². The van der Waals surface area contributed by atoms with Crippen molar-refractivity contribution in [3.8, 4) is 0 Å². The minimum absolute atomic E-state index is 0.0526. The molecule has 8 unspecified atom stereocenters. The van der Waals surface area contributed by atoms with E-state index >= 15 is 0 Å². The van der Waals surface area contributed by atoms with Crippen LogP contribution in [0.2, 0.25) is 0 Å². The summed E-state index contributed by atoms with van der Waals surface area (Å²) >= 11 is 0. The van der Waals surface area contributed by atoms with Gasteiger partial charge in [-0.1, -0.05) is 32.4 Å². The van der Waals surface area contributed by atoms with E-state index in [0.717, 1.165) is 25.7 Å². The lowest BCUT2D eigenvalue weighted by molar-refractivity contribution is -0.162. The van der Waals surface area contributed by atoms with Crippen LogP contribution in [-0.2, 0) is 4.74 Å². The summed E-state index contributed by atoms with van der Waals surface area (Å²) in [5, 5.41) is 41.5. The van der Waals surface area contributed by atoms with Gasteiger partial charge < -0.3 is 25.2 Å². The number of hydrogen-bond acceptors (Lipinski definition) is 5. The summed E-state index contributed by atoms with van der Waals surface area (Å²) in [6.45, 7) is 8.90. The van der Waals surface area contributed by atoms with Crippen molar-refractivity contribution >= 4 is 0 Å². The summed E-state index contributed by atoms with van der Waals surface area (Å²) in [5.41, 5.74) is 0.379. The molecule has 5 rings (SSSR count). The first-order valence-corrected chi connectivity index (χ1v) is 13.6. The molecule has 1 aliphatic heterocycles. The van der Waals surface area contributed by atoms with E-state index in [-0.39, 0.29) is 11.5 Å². The molecule has 5 aliphatic rings. The van der Waals surface area contributed by atoms with Gasteiger partial charge in [0.2, 0.25) is 0 Å². The maximum Gasteiger partial charge on any atom is 0.183 e. The number of ether oxygens (including phenoxy) is 1. The van der Waals surface area contributed by atoms with Crippen LogP contribution in [0, 0.1) is 40.4 Å². The van der Waals surface area contributed by atoms with Crippen molar-refractivity contribution < 1.29 is 25.2 Å². The maximum absolute atomic E-state index is 11.1. The van der Waals surface area contributed by atoms with Crippen LogP contribution in [0.5, 0.6) is 0 Å². The Morgan fingerprint density at radius 1 is 1.09 bits per heavy atom. The second kappa shape index (κ2) is 8.30. The highest BCUT2D eigenvalue weighted by Gasteiger charge is 2.61. The molecule has 1 heterocycles. The van der Waals surface area contributed by atoms with Crippen LogP contribution in [0.25, 0.3) is 0 Å². The predicted octanol–water partition coefficient (Wildman–Crippen LogP) is 4.17. The van der Waals surface area contributed by atoms with Crippen LogP contribution in [0.1, 0.15) is 91.9 Å². The molecule has 4 fully saturated rings. The Morgan fingerprint density at radius 3 is 2.55 bits per heavy atom. The van der Waals surface area contributed by atoms with Crippen LogP contribution in [-0.4, -0.2) is 50.6 Å². The van der Waals surface area contributed by atoms with Gasteiger partial charge in [0, 0.05) is 18.3 Å². The molecule has 5 nitrogen and oxygen atoms in total. The van der Waals surface area contributed by atoms with Crippen molar-refractivity contribution in [1.29, 1.82) is 0 Å².